The van der Waals surface area contributed by atoms with Gasteiger partial charge in [0.1, 0.15) is 16.2 Å². The Labute approximate surface area is 177 Å². The Hall–Kier alpha value is -2.80. The highest BCUT2D eigenvalue weighted by Crippen LogP contribution is 2.25. The second-order valence-corrected chi connectivity index (χ2v) is 7.40. The van der Waals surface area contributed by atoms with Gasteiger partial charge in [-0.05, 0) is 65.2 Å². The number of hydrogen-bond donors (Lipinski definition) is 1. The molecule has 0 aliphatic rings. The van der Waals surface area contributed by atoms with Gasteiger partial charge in [-0.15, -0.1) is 0 Å². The number of allylic oxidation sites excluding steroid dienone is 1. The van der Waals surface area contributed by atoms with Gasteiger partial charge in [-0.3, -0.25) is 4.79 Å². The van der Waals surface area contributed by atoms with Crippen LogP contribution in [0.15, 0.2) is 59.5 Å². The summed E-state index contributed by atoms with van der Waals surface area (Å²) in [4.78, 5) is 21.7. The molecule has 29 heavy (non-hydrogen) atoms. The summed E-state index contributed by atoms with van der Waals surface area (Å²) in [7, 11) is 1.84. The number of carbonyl (C=O) groups excluding carboxylic acids is 1. The highest BCUT2D eigenvalue weighted by molar-refractivity contribution is 9.10. The number of hydrogen-bond acceptors (Lipinski definition) is 3. The van der Waals surface area contributed by atoms with Crippen LogP contribution >= 0.6 is 15.9 Å². The molecule has 1 atom stereocenters. The van der Waals surface area contributed by atoms with Crippen LogP contribution in [-0.4, -0.2) is 20.4 Å². The van der Waals surface area contributed by atoms with Crippen molar-refractivity contribution in [3.05, 3.63) is 76.5 Å². The Morgan fingerprint density at radius 1 is 1.21 bits per heavy atom. The minimum Gasteiger partial charge on any atom is -0.345 e. The molecule has 2 aromatic heterocycles. The lowest BCUT2D eigenvalue weighted by Crippen LogP contribution is -2.29. The molecule has 0 saturated carbocycles. The first kappa shape index (κ1) is 20.9. The van der Waals surface area contributed by atoms with Crippen LogP contribution in [0.5, 0.6) is 0 Å². The van der Waals surface area contributed by atoms with E-state index in [0.717, 1.165) is 22.2 Å². The van der Waals surface area contributed by atoms with E-state index in [0.29, 0.717) is 17.1 Å². The lowest BCUT2D eigenvalue weighted by atomic mass is 10.1. The third-order valence-electron chi connectivity index (χ3n) is 4.77. The molecule has 1 amide bonds. The lowest BCUT2D eigenvalue weighted by molar-refractivity contribution is -0.116. The number of benzene rings is 1. The SMILES string of the molecule is C/C=C(/C(=O)NC(CC)c1ccc(Br)nc1)c1cnc(-c2ccc(F)cc2)n1C. The van der Waals surface area contributed by atoms with Gasteiger partial charge in [-0.25, -0.2) is 14.4 Å². The average molecular weight is 457 g/mol. The Morgan fingerprint density at radius 3 is 2.52 bits per heavy atom. The number of nitrogens with zero attached hydrogens (tertiary/aromatic N) is 3. The molecule has 7 heteroatoms. The molecule has 1 aromatic carbocycles. The van der Waals surface area contributed by atoms with E-state index in [4.69, 9.17) is 0 Å². The molecule has 0 spiro atoms. The topological polar surface area (TPSA) is 59.8 Å². The number of aromatic nitrogens is 3. The first-order chi connectivity index (χ1) is 13.9. The number of amides is 1. The van der Waals surface area contributed by atoms with Crippen molar-refractivity contribution in [2.24, 2.45) is 7.05 Å². The molecule has 3 rings (SSSR count). The van der Waals surface area contributed by atoms with Crippen LogP contribution in [0.4, 0.5) is 4.39 Å². The van der Waals surface area contributed by atoms with Gasteiger partial charge in [0.2, 0.25) is 0 Å². The van der Waals surface area contributed by atoms with E-state index in [1.54, 1.807) is 30.6 Å². The quantitative estimate of drug-likeness (QED) is 0.416. The zero-order chi connectivity index (χ0) is 21.0. The number of pyridine rings is 1. The van der Waals surface area contributed by atoms with Crippen LogP contribution in [-0.2, 0) is 11.8 Å². The van der Waals surface area contributed by atoms with Crippen molar-refractivity contribution in [1.82, 2.24) is 19.9 Å². The molecular formula is C22H22BrFN4O. The Morgan fingerprint density at radius 2 is 1.93 bits per heavy atom. The van der Waals surface area contributed by atoms with E-state index in [1.807, 2.05) is 37.6 Å². The normalized spacial score (nSPS) is 12.7. The highest BCUT2D eigenvalue weighted by atomic mass is 79.9. The van der Waals surface area contributed by atoms with E-state index in [2.05, 4.69) is 31.2 Å². The van der Waals surface area contributed by atoms with Gasteiger partial charge in [0.25, 0.3) is 5.91 Å². The molecule has 0 fully saturated rings. The average Bonchev–Trinajstić information content (AvgIpc) is 3.09. The first-order valence-corrected chi connectivity index (χ1v) is 10.1. The maximum Gasteiger partial charge on any atom is 0.253 e. The maximum atomic E-state index is 13.2. The predicted molar refractivity (Wildman–Crippen MR) is 115 cm³/mol. The predicted octanol–water partition coefficient (Wildman–Crippen LogP) is 5.05. The van der Waals surface area contributed by atoms with Crippen LogP contribution < -0.4 is 5.32 Å². The van der Waals surface area contributed by atoms with E-state index in [-0.39, 0.29) is 17.8 Å². The van der Waals surface area contributed by atoms with E-state index in [1.165, 1.54) is 12.1 Å². The molecule has 0 bridgehead atoms. The zero-order valence-electron chi connectivity index (χ0n) is 16.5. The summed E-state index contributed by atoms with van der Waals surface area (Å²) < 4.78 is 15.8. The Kier molecular flexibility index (Phi) is 6.59. The molecule has 3 aromatic rings. The van der Waals surface area contributed by atoms with Crippen molar-refractivity contribution in [3.8, 4) is 11.4 Å². The van der Waals surface area contributed by atoms with Gasteiger partial charge >= 0.3 is 0 Å². The molecule has 0 aliphatic carbocycles. The van der Waals surface area contributed by atoms with Crippen molar-refractivity contribution in [2.45, 2.75) is 26.3 Å². The third-order valence-corrected chi connectivity index (χ3v) is 5.24. The number of rotatable bonds is 6. The fourth-order valence-electron chi connectivity index (χ4n) is 3.17. The molecule has 150 valence electrons. The first-order valence-electron chi connectivity index (χ1n) is 9.31. The van der Waals surface area contributed by atoms with Crippen molar-refractivity contribution in [1.29, 1.82) is 0 Å². The van der Waals surface area contributed by atoms with Gasteiger partial charge in [0, 0.05) is 18.8 Å². The summed E-state index contributed by atoms with van der Waals surface area (Å²) in [6, 6.07) is 9.78. The molecule has 0 radical (unpaired) electrons. The van der Waals surface area contributed by atoms with Gasteiger partial charge in [0.15, 0.2) is 0 Å². The summed E-state index contributed by atoms with van der Waals surface area (Å²) in [6.45, 7) is 3.83. The summed E-state index contributed by atoms with van der Waals surface area (Å²) >= 11 is 3.33. The number of halogens is 2. The molecule has 0 aliphatic heterocycles. The van der Waals surface area contributed by atoms with Gasteiger partial charge in [-0.2, -0.15) is 0 Å². The number of nitrogens with one attached hydrogen (secondary N) is 1. The highest BCUT2D eigenvalue weighted by Gasteiger charge is 2.20. The summed E-state index contributed by atoms with van der Waals surface area (Å²) in [5.41, 5.74) is 2.94. The maximum absolute atomic E-state index is 13.2. The second-order valence-electron chi connectivity index (χ2n) is 6.58. The van der Waals surface area contributed by atoms with Gasteiger partial charge in [-0.1, -0.05) is 19.1 Å². The monoisotopic (exact) mass is 456 g/mol. The Balaban J connectivity index is 1.84. The van der Waals surface area contributed by atoms with Crippen molar-refractivity contribution < 1.29 is 9.18 Å². The molecule has 1 unspecified atom stereocenters. The minimum absolute atomic E-state index is 0.150. The molecule has 5 nitrogen and oxygen atoms in total. The van der Waals surface area contributed by atoms with E-state index in [9.17, 15) is 9.18 Å². The zero-order valence-corrected chi connectivity index (χ0v) is 18.1. The van der Waals surface area contributed by atoms with Crippen molar-refractivity contribution >= 4 is 27.4 Å². The fraction of sp³-hybridized carbons (Fsp3) is 0.227. The molecule has 0 saturated heterocycles. The summed E-state index contributed by atoms with van der Waals surface area (Å²) in [5.74, 6) is 0.178. The Bertz CT molecular complexity index is 1030. The number of carbonyl (C=O) groups is 1. The summed E-state index contributed by atoms with van der Waals surface area (Å²) in [6.07, 6.45) is 5.92. The van der Waals surface area contributed by atoms with Gasteiger partial charge in [0.05, 0.1) is 23.5 Å². The molecule has 1 N–H and O–H groups in total. The van der Waals surface area contributed by atoms with E-state index < -0.39 is 0 Å². The van der Waals surface area contributed by atoms with Gasteiger partial charge < -0.3 is 9.88 Å². The minimum atomic E-state index is -0.301. The molecule has 2 heterocycles. The van der Waals surface area contributed by atoms with Crippen molar-refractivity contribution in [3.63, 3.8) is 0 Å². The number of imidazole rings is 1. The van der Waals surface area contributed by atoms with Crippen LogP contribution in [0.25, 0.3) is 17.0 Å². The van der Waals surface area contributed by atoms with Crippen LogP contribution in [0.2, 0.25) is 0 Å². The second kappa shape index (κ2) is 9.13. The summed E-state index contributed by atoms with van der Waals surface area (Å²) in [5, 5.41) is 3.08. The fourth-order valence-corrected chi connectivity index (χ4v) is 3.41. The third kappa shape index (κ3) is 4.62. The van der Waals surface area contributed by atoms with Crippen LogP contribution in [0.1, 0.15) is 37.6 Å². The van der Waals surface area contributed by atoms with E-state index >= 15 is 0 Å². The standard InChI is InChI=1S/C22H22BrFN4O/c1-4-17(22(29)27-18(5-2)15-8-11-20(23)25-12-15)19-13-26-21(28(19)3)14-6-9-16(24)10-7-14/h4,6-13,18H,5H2,1-3H3,(H,27,29)/b17-4+. The lowest BCUT2D eigenvalue weighted by Gasteiger charge is -2.18. The largest absolute Gasteiger partial charge is 0.345 e. The smallest absolute Gasteiger partial charge is 0.253 e. The van der Waals surface area contributed by atoms with Crippen LogP contribution in [0, 0.1) is 5.82 Å². The molecular weight excluding hydrogens is 435 g/mol. The van der Waals surface area contributed by atoms with Crippen LogP contribution in [0.3, 0.4) is 0 Å². The van der Waals surface area contributed by atoms with Crippen molar-refractivity contribution in [2.75, 3.05) is 0 Å².